The van der Waals surface area contributed by atoms with Crippen LogP contribution in [-0.2, 0) is 11.3 Å². The van der Waals surface area contributed by atoms with Gasteiger partial charge in [0.15, 0.2) is 6.10 Å². The molecular weight excluding hydrogens is 374 g/mol. The third kappa shape index (κ3) is 4.37. The minimum absolute atomic E-state index is 0.0961. The lowest BCUT2D eigenvalue weighted by Crippen LogP contribution is -2.37. The summed E-state index contributed by atoms with van der Waals surface area (Å²) in [5.41, 5.74) is 3.98. The summed E-state index contributed by atoms with van der Waals surface area (Å²) in [4.78, 5) is 14.4. The summed E-state index contributed by atoms with van der Waals surface area (Å²) < 4.78 is 7.67. The summed E-state index contributed by atoms with van der Waals surface area (Å²) in [6.07, 6.45) is -0.601. The van der Waals surface area contributed by atoms with Crippen LogP contribution in [0.1, 0.15) is 23.9 Å². The first-order valence-electron chi connectivity index (χ1n) is 9.14. The number of aromatic nitrogens is 2. The molecule has 2 aromatic carbocycles. The molecule has 0 N–H and O–H groups in total. The molecule has 5 nitrogen and oxygen atoms in total. The lowest BCUT2D eigenvalue weighted by molar-refractivity contribution is -0.137. The molecule has 1 aromatic heterocycles. The van der Waals surface area contributed by atoms with Gasteiger partial charge in [0.1, 0.15) is 5.75 Å². The molecule has 1 amide bonds. The van der Waals surface area contributed by atoms with Crippen LogP contribution >= 0.6 is 11.6 Å². The van der Waals surface area contributed by atoms with Crippen molar-refractivity contribution in [2.75, 3.05) is 7.05 Å². The van der Waals surface area contributed by atoms with Crippen LogP contribution in [0.15, 0.2) is 54.6 Å². The minimum Gasteiger partial charge on any atom is -0.481 e. The Labute approximate surface area is 170 Å². The summed E-state index contributed by atoms with van der Waals surface area (Å²) in [5, 5.41) is 5.28. The van der Waals surface area contributed by atoms with Crippen LogP contribution in [0.3, 0.4) is 0 Å². The van der Waals surface area contributed by atoms with Crippen molar-refractivity contribution in [1.82, 2.24) is 14.7 Å². The Bertz CT molecular complexity index is 952. The number of rotatable bonds is 6. The molecule has 0 aliphatic carbocycles. The fourth-order valence-corrected chi connectivity index (χ4v) is 3.24. The number of hydrogen-bond donors (Lipinski definition) is 0. The second-order valence-electron chi connectivity index (χ2n) is 6.81. The third-order valence-electron chi connectivity index (χ3n) is 4.69. The van der Waals surface area contributed by atoms with Crippen molar-refractivity contribution < 1.29 is 9.53 Å². The van der Waals surface area contributed by atoms with Gasteiger partial charge < -0.3 is 9.64 Å². The number of nitrogens with zero attached hydrogens (tertiary/aromatic N) is 3. The van der Waals surface area contributed by atoms with Crippen LogP contribution in [0.4, 0.5) is 0 Å². The molecule has 1 atom stereocenters. The first-order valence-corrected chi connectivity index (χ1v) is 9.52. The largest absolute Gasteiger partial charge is 0.481 e. The van der Waals surface area contributed by atoms with Gasteiger partial charge in [0, 0.05) is 29.9 Å². The number of carbonyl (C=O) groups is 1. The summed E-state index contributed by atoms with van der Waals surface area (Å²) in [6, 6.07) is 17.0. The molecular formula is C22H24ClN3O2. The zero-order chi connectivity index (χ0) is 20.3. The highest BCUT2D eigenvalue weighted by molar-refractivity contribution is 6.30. The number of halogens is 1. The Morgan fingerprint density at radius 1 is 1.14 bits per heavy atom. The van der Waals surface area contributed by atoms with Gasteiger partial charge in [-0.2, -0.15) is 5.10 Å². The van der Waals surface area contributed by atoms with E-state index in [1.807, 2.05) is 48.9 Å². The van der Waals surface area contributed by atoms with Gasteiger partial charge in [-0.15, -0.1) is 0 Å². The molecule has 0 aliphatic rings. The van der Waals surface area contributed by atoms with E-state index in [9.17, 15) is 4.79 Å². The highest BCUT2D eigenvalue weighted by atomic mass is 35.5. The average Bonchev–Trinajstić information content (AvgIpc) is 2.98. The topological polar surface area (TPSA) is 47.4 Å². The number of para-hydroxylation sites is 1. The van der Waals surface area contributed by atoms with Crippen LogP contribution in [0, 0.1) is 13.8 Å². The predicted molar refractivity (Wildman–Crippen MR) is 111 cm³/mol. The standard InChI is InChI=1S/C22H24ClN3O2/c1-15-21(16(2)26(24-15)19-8-6-5-7-9-19)14-25(4)22(27)17(3)28-20-12-10-18(23)11-13-20/h5-13,17H,14H2,1-4H3. The van der Waals surface area contributed by atoms with Crippen molar-refractivity contribution in [3.63, 3.8) is 0 Å². The second-order valence-corrected chi connectivity index (χ2v) is 7.24. The lowest BCUT2D eigenvalue weighted by atomic mass is 10.1. The van der Waals surface area contributed by atoms with Gasteiger partial charge in [0.25, 0.3) is 5.91 Å². The van der Waals surface area contributed by atoms with Gasteiger partial charge in [-0.05, 0) is 57.2 Å². The van der Waals surface area contributed by atoms with Crippen LogP contribution < -0.4 is 4.74 Å². The zero-order valence-corrected chi connectivity index (χ0v) is 17.3. The van der Waals surface area contributed by atoms with E-state index in [1.165, 1.54) is 0 Å². The lowest BCUT2D eigenvalue weighted by Gasteiger charge is -2.22. The SMILES string of the molecule is Cc1nn(-c2ccccc2)c(C)c1CN(C)C(=O)C(C)Oc1ccc(Cl)cc1. The Kier molecular flexibility index (Phi) is 6.05. The predicted octanol–water partition coefficient (Wildman–Crippen LogP) is 4.57. The Hall–Kier alpha value is -2.79. The van der Waals surface area contributed by atoms with Crippen molar-refractivity contribution >= 4 is 17.5 Å². The van der Waals surface area contributed by atoms with E-state index in [-0.39, 0.29) is 5.91 Å². The maximum Gasteiger partial charge on any atom is 0.263 e. The monoisotopic (exact) mass is 397 g/mol. The molecule has 0 aliphatic heterocycles. The maximum absolute atomic E-state index is 12.8. The average molecular weight is 398 g/mol. The van der Waals surface area contributed by atoms with Gasteiger partial charge in [-0.1, -0.05) is 29.8 Å². The van der Waals surface area contributed by atoms with Gasteiger partial charge in [-0.3, -0.25) is 4.79 Å². The summed E-state index contributed by atoms with van der Waals surface area (Å²) in [7, 11) is 1.78. The van der Waals surface area contributed by atoms with E-state index < -0.39 is 6.10 Å². The molecule has 0 saturated carbocycles. The number of benzene rings is 2. The number of ether oxygens (including phenoxy) is 1. The van der Waals surface area contributed by atoms with Crippen molar-refractivity contribution in [1.29, 1.82) is 0 Å². The van der Waals surface area contributed by atoms with Crippen molar-refractivity contribution in [3.8, 4) is 11.4 Å². The van der Waals surface area contributed by atoms with Crippen LogP contribution in [0.5, 0.6) is 5.75 Å². The number of carbonyl (C=O) groups excluding carboxylic acids is 1. The fraction of sp³-hybridized carbons (Fsp3) is 0.273. The smallest absolute Gasteiger partial charge is 0.263 e. The molecule has 6 heteroatoms. The quantitative estimate of drug-likeness (QED) is 0.612. The van der Waals surface area contributed by atoms with Gasteiger partial charge in [-0.25, -0.2) is 4.68 Å². The zero-order valence-electron chi connectivity index (χ0n) is 16.5. The Balaban J connectivity index is 1.71. The number of likely N-dealkylation sites (N-methyl/N-ethyl adjacent to an activating group) is 1. The molecule has 1 heterocycles. The highest BCUT2D eigenvalue weighted by Crippen LogP contribution is 2.21. The number of aryl methyl sites for hydroxylation is 1. The molecule has 146 valence electrons. The third-order valence-corrected chi connectivity index (χ3v) is 4.94. The molecule has 1 unspecified atom stereocenters. The van der Waals surface area contributed by atoms with Crippen LogP contribution in [-0.4, -0.2) is 33.7 Å². The molecule has 0 saturated heterocycles. The first-order chi connectivity index (χ1) is 13.4. The number of amides is 1. The Morgan fingerprint density at radius 3 is 2.43 bits per heavy atom. The molecule has 3 aromatic rings. The fourth-order valence-electron chi connectivity index (χ4n) is 3.12. The van der Waals surface area contributed by atoms with E-state index in [0.29, 0.717) is 17.3 Å². The van der Waals surface area contributed by atoms with E-state index in [1.54, 1.807) is 43.1 Å². The molecule has 0 radical (unpaired) electrons. The normalized spacial score (nSPS) is 11.9. The van der Waals surface area contributed by atoms with Crippen molar-refractivity contribution in [3.05, 3.63) is 76.6 Å². The van der Waals surface area contributed by atoms with Gasteiger partial charge in [0.05, 0.1) is 11.4 Å². The van der Waals surface area contributed by atoms with E-state index >= 15 is 0 Å². The van der Waals surface area contributed by atoms with Crippen LogP contribution in [0.25, 0.3) is 5.69 Å². The molecule has 28 heavy (non-hydrogen) atoms. The summed E-state index contributed by atoms with van der Waals surface area (Å²) in [6.45, 7) is 6.21. The molecule has 0 spiro atoms. The van der Waals surface area contributed by atoms with E-state index in [0.717, 1.165) is 22.6 Å². The second kappa shape index (κ2) is 8.48. The van der Waals surface area contributed by atoms with E-state index in [4.69, 9.17) is 16.3 Å². The number of hydrogen-bond acceptors (Lipinski definition) is 3. The molecule has 0 fully saturated rings. The minimum atomic E-state index is -0.601. The summed E-state index contributed by atoms with van der Waals surface area (Å²) in [5.74, 6) is 0.518. The maximum atomic E-state index is 12.8. The molecule has 0 bridgehead atoms. The summed E-state index contributed by atoms with van der Waals surface area (Å²) >= 11 is 5.89. The van der Waals surface area contributed by atoms with E-state index in [2.05, 4.69) is 5.10 Å². The van der Waals surface area contributed by atoms with Gasteiger partial charge >= 0.3 is 0 Å². The first kappa shape index (κ1) is 20.0. The van der Waals surface area contributed by atoms with Crippen molar-refractivity contribution in [2.24, 2.45) is 0 Å². The van der Waals surface area contributed by atoms with Gasteiger partial charge in [0.2, 0.25) is 0 Å². The highest BCUT2D eigenvalue weighted by Gasteiger charge is 2.22. The van der Waals surface area contributed by atoms with Crippen molar-refractivity contribution in [2.45, 2.75) is 33.4 Å². The van der Waals surface area contributed by atoms with Crippen LogP contribution in [0.2, 0.25) is 5.02 Å². The molecule has 3 rings (SSSR count). The Morgan fingerprint density at radius 2 is 1.79 bits per heavy atom.